The van der Waals surface area contributed by atoms with Gasteiger partial charge in [0, 0.05) is 12.4 Å². The first-order valence-electron chi connectivity index (χ1n) is 7.77. The van der Waals surface area contributed by atoms with Crippen LogP contribution in [0.1, 0.15) is 30.7 Å². The maximum Gasteiger partial charge on any atom is 0.191 e. The third kappa shape index (κ3) is 3.88. The fourth-order valence-electron chi connectivity index (χ4n) is 2.61. The zero-order chi connectivity index (χ0) is 15.2. The van der Waals surface area contributed by atoms with Gasteiger partial charge in [0.2, 0.25) is 0 Å². The Hall–Kier alpha value is -1.37. The smallest absolute Gasteiger partial charge is 0.191 e. The van der Waals surface area contributed by atoms with Gasteiger partial charge in [0.25, 0.3) is 0 Å². The molecule has 1 aromatic carbocycles. The molecule has 0 saturated carbocycles. The highest BCUT2D eigenvalue weighted by Crippen LogP contribution is 2.23. The molecule has 1 aliphatic rings. The average molecular weight is 318 g/mol. The Morgan fingerprint density at radius 1 is 1.23 bits per heavy atom. The molecule has 0 amide bonds. The van der Waals surface area contributed by atoms with Gasteiger partial charge < -0.3 is 15.0 Å². The summed E-state index contributed by atoms with van der Waals surface area (Å²) in [6, 6.07) is 10.3. The second-order valence-electron chi connectivity index (χ2n) is 5.47. The van der Waals surface area contributed by atoms with E-state index in [1.165, 1.54) is 18.4 Å². The molecule has 1 aromatic heterocycles. The molecule has 1 atom stereocenters. The van der Waals surface area contributed by atoms with Crippen LogP contribution in [0, 0.1) is 0 Å². The molecule has 0 spiro atoms. The number of hydrogen-bond acceptors (Lipinski definition) is 5. The van der Waals surface area contributed by atoms with Crippen molar-refractivity contribution in [1.82, 2.24) is 14.8 Å². The van der Waals surface area contributed by atoms with Crippen LogP contribution in [-0.2, 0) is 17.8 Å². The highest BCUT2D eigenvalue weighted by atomic mass is 32.2. The maximum atomic E-state index is 5.80. The van der Waals surface area contributed by atoms with E-state index < -0.39 is 0 Å². The first-order chi connectivity index (χ1) is 10.9. The van der Waals surface area contributed by atoms with Gasteiger partial charge in [-0.2, -0.15) is 0 Å². The number of nitrogens with zero attached hydrogens (tertiary/aromatic N) is 3. The molecular weight excluding hydrogens is 296 g/mol. The highest BCUT2D eigenvalue weighted by Gasteiger charge is 2.17. The van der Waals surface area contributed by atoms with Crippen molar-refractivity contribution in [2.45, 2.75) is 43.6 Å². The predicted molar refractivity (Wildman–Crippen MR) is 87.8 cm³/mol. The number of aromatic nitrogens is 3. The van der Waals surface area contributed by atoms with Crippen LogP contribution in [-0.4, -0.2) is 33.2 Å². The number of thioether (sulfide) groups is 1. The summed E-state index contributed by atoms with van der Waals surface area (Å²) in [6.07, 6.45) is 3.92. The maximum absolute atomic E-state index is 5.80. The van der Waals surface area contributed by atoms with Gasteiger partial charge >= 0.3 is 0 Å². The largest absolute Gasteiger partial charge is 0.377 e. The molecule has 2 N–H and O–H groups in total. The van der Waals surface area contributed by atoms with E-state index in [4.69, 9.17) is 10.5 Å². The Kier molecular flexibility index (Phi) is 5.48. The molecule has 0 unspecified atom stereocenters. The second kappa shape index (κ2) is 7.76. The SMILES string of the molecule is NCc1nnc(SC[C@H]2CCCCO2)n1Cc1ccccc1. The number of nitrogens with two attached hydrogens (primary N) is 1. The van der Waals surface area contributed by atoms with Gasteiger partial charge in [-0.3, -0.25) is 0 Å². The lowest BCUT2D eigenvalue weighted by Gasteiger charge is -2.21. The number of ether oxygens (including phenoxy) is 1. The number of rotatable bonds is 6. The third-order valence-electron chi connectivity index (χ3n) is 3.83. The fraction of sp³-hybridized carbons (Fsp3) is 0.500. The number of benzene rings is 1. The van der Waals surface area contributed by atoms with Crippen LogP contribution in [0.4, 0.5) is 0 Å². The van der Waals surface area contributed by atoms with Crippen LogP contribution in [0.15, 0.2) is 35.5 Å². The van der Waals surface area contributed by atoms with E-state index in [1.807, 2.05) is 18.2 Å². The molecule has 0 radical (unpaired) electrons. The Labute approximate surface area is 135 Å². The minimum absolute atomic E-state index is 0.335. The Morgan fingerprint density at radius 3 is 2.82 bits per heavy atom. The molecule has 6 heteroatoms. The van der Waals surface area contributed by atoms with Crippen molar-refractivity contribution in [2.75, 3.05) is 12.4 Å². The van der Waals surface area contributed by atoms with Gasteiger partial charge in [-0.1, -0.05) is 42.1 Å². The second-order valence-corrected chi connectivity index (χ2v) is 6.46. The summed E-state index contributed by atoms with van der Waals surface area (Å²) in [5, 5.41) is 9.46. The van der Waals surface area contributed by atoms with Crippen LogP contribution in [0.25, 0.3) is 0 Å². The fourth-order valence-corrected chi connectivity index (χ4v) is 3.63. The Bertz CT molecular complexity index is 581. The van der Waals surface area contributed by atoms with Crippen LogP contribution in [0.2, 0.25) is 0 Å². The molecule has 22 heavy (non-hydrogen) atoms. The average Bonchev–Trinajstić information content (AvgIpc) is 2.97. The summed E-state index contributed by atoms with van der Waals surface area (Å²) in [6.45, 7) is 2.05. The standard InChI is InChI=1S/C16H22N4OS/c17-10-15-18-19-16(22-12-14-8-4-5-9-21-14)20(15)11-13-6-2-1-3-7-13/h1-3,6-7,14H,4-5,8-12,17H2/t14-/m1/s1. The van der Waals surface area contributed by atoms with Crippen molar-refractivity contribution in [3.05, 3.63) is 41.7 Å². The van der Waals surface area contributed by atoms with E-state index >= 15 is 0 Å². The van der Waals surface area contributed by atoms with Gasteiger partial charge in [-0.15, -0.1) is 10.2 Å². The van der Waals surface area contributed by atoms with Crippen LogP contribution < -0.4 is 5.73 Å². The highest BCUT2D eigenvalue weighted by molar-refractivity contribution is 7.99. The quantitative estimate of drug-likeness (QED) is 0.829. The van der Waals surface area contributed by atoms with Crippen molar-refractivity contribution in [2.24, 2.45) is 5.73 Å². The van der Waals surface area contributed by atoms with E-state index in [-0.39, 0.29) is 0 Å². The monoisotopic (exact) mass is 318 g/mol. The lowest BCUT2D eigenvalue weighted by molar-refractivity contribution is 0.0315. The summed E-state index contributed by atoms with van der Waals surface area (Å²) in [4.78, 5) is 0. The molecule has 2 aromatic rings. The zero-order valence-corrected chi connectivity index (χ0v) is 13.5. The van der Waals surface area contributed by atoms with E-state index in [2.05, 4.69) is 26.9 Å². The van der Waals surface area contributed by atoms with E-state index in [9.17, 15) is 0 Å². The molecule has 1 fully saturated rings. The topological polar surface area (TPSA) is 66.0 Å². The molecule has 1 aliphatic heterocycles. The summed E-state index contributed by atoms with van der Waals surface area (Å²) < 4.78 is 7.90. The van der Waals surface area contributed by atoms with E-state index in [0.717, 1.165) is 36.3 Å². The lowest BCUT2D eigenvalue weighted by Crippen LogP contribution is -2.21. The molecular formula is C16H22N4OS. The zero-order valence-electron chi connectivity index (χ0n) is 12.6. The molecule has 3 rings (SSSR count). The Morgan fingerprint density at radius 2 is 2.09 bits per heavy atom. The summed E-state index contributed by atoms with van der Waals surface area (Å²) in [7, 11) is 0. The predicted octanol–water partition coefficient (Wildman–Crippen LogP) is 2.45. The molecule has 0 aliphatic carbocycles. The van der Waals surface area contributed by atoms with Gasteiger partial charge in [0.05, 0.1) is 19.2 Å². The molecule has 2 heterocycles. The summed E-state index contributed by atoms with van der Waals surface area (Å²) in [5.41, 5.74) is 7.03. The number of hydrogen-bond donors (Lipinski definition) is 1. The van der Waals surface area contributed by atoms with Crippen molar-refractivity contribution in [3.8, 4) is 0 Å². The molecule has 118 valence electrons. The summed E-state index contributed by atoms with van der Waals surface area (Å²) in [5.74, 6) is 1.76. The van der Waals surface area contributed by atoms with Crippen LogP contribution in [0.5, 0.6) is 0 Å². The first-order valence-corrected chi connectivity index (χ1v) is 8.76. The van der Waals surface area contributed by atoms with Gasteiger partial charge in [-0.25, -0.2) is 0 Å². The van der Waals surface area contributed by atoms with Gasteiger partial charge in [0.15, 0.2) is 5.16 Å². The van der Waals surface area contributed by atoms with E-state index in [0.29, 0.717) is 12.6 Å². The Balaban J connectivity index is 1.69. The molecule has 1 saturated heterocycles. The van der Waals surface area contributed by atoms with Crippen LogP contribution >= 0.6 is 11.8 Å². The normalized spacial score (nSPS) is 18.5. The first kappa shape index (κ1) is 15.5. The van der Waals surface area contributed by atoms with E-state index in [1.54, 1.807) is 11.8 Å². The van der Waals surface area contributed by atoms with Gasteiger partial charge in [-0.05, 0) is 24.8 Å². The van der Waals surface area contributed by atoms with Crippen molar-refractivity contribution >= 4 is 11.8 Å². The van der Waals surface area contributed by atoms with Crippen LogP contribution in [0.3, 0.4) is 0 Å². The van der Waals surface area contributed by atoms with Gasteiger partial charge in [0.1, 0.15) is 5.82 Å². The third-order valence-corrected chi connectivity index (χ3v) is 4.93. The minimum atomic E-state index is 0.335. The molecule has 0 bridgehead atoms. The minimum Gasteiger partial charge on any atom is -0.377 e. The van der Waals surface area contributed by atoms with Crippen molar-refractivity contribution in [1.29, 1.82) is 0 Å². The van der Waals surface area contributed by atoms with Crippen molar-refractivity contribution < 1.29 is 4.74 Å². The lowest BCUT2D eigenvalue weighted by atomic mass is 10.1. The molecule has 5 nitrogen and oxygen atoms in total. The van der Waals surface area contributed by atoms with Crippen molar-refractivity contribution in [3.63, 3.8) is 0 Å². The summed E-state index contributed by atoms with van der Waals surface area (Å²) >= 11 is 1.72.